The SMILES string of the molecule is Cc1ccc(-c2nc3c(C)c(Cl)c(Br)cc3c(C(=O)O)c2C)cc1. The van der Waals surface area contributed by atoms with E-state index >= 15 is 0 Å². The average Bonchev–Trinajstić information content (AvgIpc) is 2.53. The standard InChI is InChI=1S/C19H15BrClNO2/c1-9-4-6-12(7-5-9)17-10(2)15(19(23)24)13-8-14(20)16(21)11(3)18(13)22-17/h4-8H,1-3H3,(H,23,24). The van der Waals surface area contributed by atoms with Crippen LogP contribution in [0.2, 0.25) is 5.02 Å². The van der Waals surface area contributed by atoms with Crippen molar-refractivity contribution in [3.05, 3.63) is 62.1 Å². The Labute approximate surface area is 153 Å². The molecule has 0 saturated carbocycles. The van der Waals surface area contributed by atoms with Crippen LogP contribution in [-0.4, -0.2) is 16.1 Å². The summed E-state index contributed by atoms with van der Waals surface area (Å²) in [7, 11) is 0. The maximum absolute atomic E-state index is 11.9. The van der Waals surface area contributed by atoms with Gasteiger partial charge in [0.15, 0.2) is 0 Å². The first-order chi connectivity index (χ1) is 11.3. The van der Waals surface area contributed by atoms with Crippen molar-refractivity contribution in [2.24, 2.45) is 0 Å². The molecule has 3 aromatic rings. The molecule has 0 radical (unpaired) electrons. The molecule has 0 bridgehead atoms. The van der Waals surface area contributed by atoms with Crippen LogP contribution in [0.3, 0.4) is 0 Å². The van der Waals surface area contributed by atoms with Crippen LogP contribution < -0.4 is 0 Å². The Morgan fingerprint density at radius 2 is 1.75 bits per heavy atom. The van der Waals surface area contributed by atoms with E-state index in [2.05, 4.69) is 15.9 Å². The van der Waals surface area contributed by atoms with Gasteiger partial charge in [-0.25, -0.2) is 9.78 Å². The average molecular weight is 405 g/mol. The second kappa shape index (κ2) is 6.19. The molecule has 2 aromatic carbocycles. The lowest BCUT2D eigenvalue weighted by Crippen LogP contribution is -2.06. The molecule has 0 aliphatic carbocycles. The summed E-state index contributed by atoms with van der Waals surface area (Å²) in [6.45, 7) is 5.65. The summed E-state index contributed by atoms with van der Waals surface area (Å²) in [6, 6.07) is 9.62. The summed E-state index contributed by atoms with van der Waals surface area (Å²) < 4.78 is 0.668. The summed E-state index contributed by atoms with van der Waals surface area (Å²) >= 11 is 9.71. The molecule has 1 heterocycles. The molecule has 0 spiro atoms. The van der Waals surface area contributed by atoms with Crippen molar-refractivity contribution in [2.75, 3.05) is 0 Å². The summed E-state index contributed by atoms with van der Waals surface area (Å²) in [5.41, 5.74) is 4.98. The highest BCUT2D eigenvalue weighted by Crippen LogP contribution is 2.37. The molecule has 0 fully saturated rings. The van der Waals surface area contributed by atoms with Crippen molar-refractivity contribution < 1.29 is 9.90 Å². The minimum atomic E-state index is -0.970. The molecule has 24 heavy (non-hydrogen) atoms. The normalized spacial score (nSPS) is 11.0. The number of aromatic carboxylic acids is 1. The minimum Gasteiger partial charge on any atom is -0.478 e. The zero-order valence-electron chi connectivity index (χ0n) is 13.4. The molecule has 0 aliphatic heterocycles. The predicted molar refractivity (Wildman–Crippen MR) is 101 cm³/mol. The van der Waals surface area contributed by atoms with Crippen molar-refractivity contribution in [3.8, 4) is 11.3 Å². The van der Waals surface area contributed by atoms with Gasteiger partial charge in [0.25, 0.3) is 0 Å². The maximum Gasteiger partial charge on any atom is 0.336 e. The largest absolute Gasteiger partial charge is 0.478 e. The van der Waals surface area contributed by atoms with E-state index in [-0.39, 0.29) is 5.56 Å². The highest BCUT2D eigenvalue weighted by Gasteiger charge is 2.21. The van der Waals surface area contributed by atoms with Gasteiger partial charge in [-0.3, -0.25) is 0 Å². The molecule has 3 nitrogen and oxygen atoms in total. The maximum atomic E-state index is 11.9. The van der Waals surface area contributed by atoms with Crippen LogP contribution in [0.1, 0.15) is 27.0 Å². The molecule has 1 aromatic heterocycles. The van der Waals surface area contributed by atoms with Gasteiger partial charge in [-0.15, -0.1) is 0 Å². The van der Waals surface area contributed by atoms with Gasteiger partial charge < -0.3 is 5.11 Å². The van der Waals surface area contributed by atoms with Crippen molar-refractivity contribution in [2.45, 2.75) is 20.8 Å². The van der Waals surface area contributed by atoms with Crippen molar-refractivity contribution >= 4 is 44.4 Å². The molecule has 0 atom stereocenters. The van der Waals surface area contributed by atoms with Crippen LogP contribution in [0.5, 0.6) is 0 Å². The number of benzene rings is 2. The first-order valence-electron chi connectivity index (χ1n) is 7.40. The number of hydrogen-bond acceptors (Lipinski definition) is 2. The highest BCUT2D eigenvalue weighted by atomic mass is 79.9. The third-order valence-corrected chi connectivity index (χ3v) is 5.52. The monoisotopic (exact) mass is 403 g/mol. The van der Waals surface area contributed by atoms with Crippen LogP contribution in [0.4, 0.5) is 0 Å². The quantitative estimate of drug-likeness (QED) is 0.575. The Kier molecular flexibility index (Phi) is 4.37. The van der Waals surface area contributed by atoms with E-state index in [0.717, 1.165) is 16.7 Å². The number of carboxylic acids is 1. The second-order valence-electron chi connectivity index (χ2n) is 5.83. The van der Waals surface area contributed by atoms with Gasteiger partial charge in [0.05, 0.1) is 21.8 Å². The molecule has 0 unspecified atom stereocenters. The van der Waals surface area contributed by atoms with E-state index in [1.807, 2.05) is 38.1 Å². The summed E-state index contributed by atoms with van der Waals surface area (Å²) in [5, 5.41) is 10.9. The van der Waals surface area contributed by atoms with Gasteiger partial charge in [0, 0.05) is 15.4 Å². The number of carbonyl (C=O) groups is 1. The minimum absolute atomic E-state index is 0.260. The molecule has 5 heteroatoms. The number of nitrogens with zero attached hydrogens (tertiary/aromatic N) is 1. The molecule has 3 rings (SSSR count). The molecular weight excluding hydrogens is 390 g/mol. The smallest absolute Gasteiger partial charge is 0.336 e. The fourth-order valence-electron chi connectivity index (χ4n) is 2.86. The molecular formula is C19H15BrClNO2. The lowest BCUT2D eigenvalue weighted by atomic mass is 9.96. The number of rotatable bonds is 2. The fourth-order valence-corrected chi connectivity index (χ4v) is 3.53. The number of aryl methyl sites for hydroxylation is 2. The molecule has 0 aliphatic rings. The second-order valence-corrected chi connectivity index (χ2v) is 7.06. The lowest BCUT2D eigenvalue weighted by molar-refractivity contribution is 0.0698. The third-order valence-electron chi connectivity index (χ3n) is 4.18. The van der Waals surface area contributed by atoms with Gasteiger partial charge in [0.1, 0.15) is 0 Å². The van der Waals surface area contributed by atoms with Crippen LogP contribution in [0.15, 0.2) is 34.8 Å². The van der Waals surface area contributed by atoms with Gasteiger partial charge in [-0.1, -0.05) is 41.4 Å². The zero-order chi connectivity index (χ0) is 17.6. The van der Waals surface area contributed by atoms with E-state index in [0.29, 0.717) is 31.7 Å². The van der Waals surface area contributed by atoms with E-state index in [9.17, 15) is 9.90 Å². The fraction of sp³-hybridized carbons (Fsp3) is 0.158. The van der Waals surface area contributed by atoms with Gasteiger partial charge in [-0.05, 0) is 53.9 Å². The Morgan fingerprint density at radius 3 is 2.33 bits per heavy atom. The van der Waals surface area contributed by atoms with Crippen LogP contribution in [0, 0.1) is 20.8 Å². The summed E-state index contributed by atoms with van der Waals surface area (Å²) in [6.07, 6.45) is 0. The van der Waals surface area contributed by atoms with Crippen molar-refractivity contribution in [1.82, 2.24) is 4.98 Å². The first-order valence-corrected chi connectivity index (χ1v) is 8.57. The van der Waals surface area contributed by atoms with E-state index in [1.165, 1.54) is 0 Å². The van der Waals surface area contributed by atoms with Crippen LogP contribution in [0.25, 0.3) is 22.2 Å². The van der Waals surface area contributed by atoms with Crippen LogP contribution in [-0.2, 0) is 0 Å². The Bertz CT molecular complexity index is 981. The van der Waals surface area contributed by atoms with Crippen molar-refractivity contribution in [3.63, 3.8) is 0 Å². The number of halogens is 2. The van der Waals surface area contributed by atoms with E-state index in [4.69, 9.17) is 16.6 Å². The number of pyridine rings is 1. The zero-order valence-corrected chi connectivity index (χ0v) is 15.8. The molecule has 0 saturated heterocycles. The van der Waals surface area contributed by atoms with Crippen LogP contribution >= 0.6 is 27.5 Å². The van der Waals surface area contributed by atoms with Gasteiger partial charge >= 0.3 is 5.97 Å². The van der Waals surface area contributed by atoms with Gasteiger partial charge in [0.2, 0.25) is 0 Å². The van der Waals surface area contributed by atoms with Crippen molar-refractivity contribution in [1.29, 1.82) is 0 Å². The van der Waals surface area contributed by atoms with E-state index in [1.54, 1.807) is 13.0 Å². The predicted octanol–water partition coefficient (Wildman–Crippen LogP) is 5.94. The lowest BCUT2D eigenvalue weighted by Gasteiger charge is -2.15. The first kappa shape index (κ1) is 16.9. The molecule has 1 N–H and O–H groups in total. The Morgan fingerprint density at radius 1 is 1.12 bits per heavy atom. The Balaban J connectivity index is 2.46. The summed E-state index contributed by atoms with van der Waals surface area (Å²) in [4.78, 5) is 16.7. The number of fused-ring (bicyclic) bond motifs is 1. The van der Waals surface area contributed by atoms with Gasteiger partial charge in [-0.2, -0.15) is 0 Å². The number of carboxylic acid groups (broad SMARTS) is 1. The highest BCUT2D eigenvalue weighted by molar-refractivity contribution is 9.10. The topological polar surface area (TPSA) is 50.2 Å². The Hall–Kier alpha value is -1.91. The van der Waals surface area contributed by atoms with E-state index < -0.39 is 5.97 Å². The molecule has 0 amide bonds. The molecule has 122 valence electrons. The number of hydrogen-bond donors (Lipinski definition) is 1. The summed E-state index contributed by atoms with van der Waals surface area (Å²) in [5.74, 6) is -0.970. The number of aromatic nitrogens is 1. The third kappa shape index (κ3) is 2.70.